The van der Waals surface area contributed by atoms with Gasteiger partial charge in [0.1, 0.15) is 12.4 Å². The third-order valence-electron chi connectivity index (χ3n) is 3.17. The second kappa shape index (κ2) is 5.44. The van der Waals surface area contributed by atoms with E-state index in [9.17, 15) is 4.39 Å². The highest BCUT2D eigenvalue weighted by molar-refractivity contribution is 5.41. The maximum Gasteiger partial charge on any atom is 0.161 e. The molecular formula is C14H14FN3O2. The molecule has 5 nitrogen and oxygen atoms in total. The predicted molar refractivity (Wildman–Crippen MR) is 70.6 cm³/mol. The number of rotatable bonds is 3. The van der Waals surface area contributed by atoms with Crippen LogP contribution in [0.25, 0.3) is 0 Å². The molecule has 0 fully saturated rings. The van der Waals surface area contributed by atoms with Crippen molar-refractivity contribution in [1.82, 2.24) is 10.4 Å². The Labute approximate surface area is 115 Å². The number of para-hydroxylation sites is 2. The summed E-state index contributed by atoms with van der Waals surface area (Å²) in [4.78, 5) is 3.83. The van der Waals surface area contributed by atoms with Crippen molar-refractivity contribution in [2.45, 2.75) is 12.1 Å². The number of hydrogen-bond acceptors (Lipinski definition) is 5. The van der Waals surface area contributed by atoms with Crippen LogP contribution in [0.2, 0.25) is 0 Å². The Hall–Kier alpha value is -2.18. The molecule has 0 aliphatic carbocycles. The van der Waals surface area contributed by atoms with Crippen molar-refractivity contribution in [3.8, 4) is 11.5 Å². The van der Waals surface area contributed by atoms with Gasteiger partial charge in [0.15, 0.2) is 17.6 Å². The van der Waals surface area contributed by atoms with Crippen molar-refractivity contribution in [2.24, 2.45) is 5.84 Å². The molecule has 0 amide bonds. The average molecular weight is 275 g/mol. The maximum absolute atomic E-state index is 13.3. The Bertz CT molecular complexity index is 608. The first-order valence-electron chi connectivity index (χ1n) is 6.23. The van der Waals surface area contributed by atoms with Crippen LogP contribution in [0.5, 0.6) is 11.5 Å². The molecule has 0 spiro atoms. The summed E-state index contributed by atoms with van der Waals surface area (Å²) < 4.78 is 24.8. The molecule has 104 valence electrons. The standard InChI is InChI=1S/C14H14FN3O2/c15-10-5-9(6-17-7-10)14(18-16)13-8-19-11-3-1-2-4-12(11)20-13/h1-7,13-14,18H,8,16H2. The van der Waals surface area contributed by atoms with Crippen LogP contribution >= 0.6 is 0 Å². The Morgan fingerprint density at radius 1 is 1.30 bits per heavy atom. The molecule has 6 heteroatoms. The average Bonchev–Trinajstić information content (AvgIpc) is 2.48. The minimum Gasteiger partial charge on any atom is -0.486 e. The number of fused-ring (bicyclic) bond motifs is 1. The third-order valence-corrected chi connectivity index (χ3v) is 3.17. The normalized spacial score (nSPS) is 18.6. The van der Waals surface area contributed by atoms with Gasteiger partial charge in [-0.25, -0.2) is 9.82 Å². The van der Waals surface area contributed by atoms with Crippen molar-refractivity contribution in [2.75, 3.05) is 6.61 Å². The Morgan fingerprint density at radius 2 is 2.10 bits per heavy atom. The molecule has 0 bridgehead atoms. The van der Waals surface area contributed by atoms with Gasteiger partial charge in [-0.2, -0.15) is 0 Å². The summed E-state index contributed by atoms with van der Waals surface area (Å²) in [5, 5.41) is 0. The van der Waals surface area contributed by atoms with Gasteiger partial charge in [0, 0.05) is 6.20 Å². The van der Waals surface area contributed by atoms with Gasteiger partial charge in [0.05, 0.1) is 12.2 Å². The van der Waals surface area contributed by atoms with Crippen molar-refractivity contribution >= 4 is 0 Å². The summed E-state index contributed by atoms with van der Waals surface area (Å²) in [7, 11) is 0. The molecule has 2 unspecified atom stereocenters. The summed E-state index contributed by atoms with van der Waals surface area (Å²) in [5.74, 6) is 6.49. The molecule has 2 atom stereocenters. The minimum atomic E-state index is -0.417. The fraction of sp³-hybridized carbons (Fsp3) is 0.214. The number of aromatic nitrogens is 1. The van der Waals surface area contributed by atoms with E-state index in [0.717, 1.165) is 6.20 Å². The zero-order valence-corrected chi connectivity index (χ0v) is 10.6. The summed E-state index contributed by atoms with van der Waals surface area (Å²) in [6, 6.07) is 8.35. The van der Waals surface area contributed by atoms with E-state index in [0.29, 0.717) is 23.7 Å². The van der Waals surface area contributed by atoms with Crippen LogP contribution in [-0.4, -0.2) is 17.7 Å². The van der Waals surface area contributed by atoms with Gasteiger partial charge in [0.25, 0.3) is 0 Å². The van der Waals surface area contributed by atoms with E-state index in [1.807, 2.05) is 24.3 Å². The number of hydrazine groups is 1. The summed E-state index contributed by atoms with van der Waals surface area (Å²) in [6.07, 6.45) is 2.33. The van der Waals surface area contributed by atoms with E-state index in [1.54, 1.807) is 6.20 Å². The number of nitrogens with two attached hydrogens (primary N) is 1. The molecular weight excluding hydrogens is 261 g/mol. The van der Waals surface area contributed by atoms with Gasteiger partial charge in [-0.15, -0.1) is 0 Å². The van der Waals surface area contributed by atoms with E-state index in [4.69, 9.17) is 15.3 Å². The van der Waals surface area contributed by atoms with Crippen molar-refractivity contribution in [3.63, 3.8) is 0 Å². The maximum atomic E-state index is 13.3. The molecule has 2 aromatic rings. The number of halogens is 1. The number of benzene rings is 1. The molecule has 0 radical (unpaired) electrons. The molecule has 3 rings (SSSR count). The monoisotopic (exact) mass is 275 g/mol. The molecule has 1 aromatic heterocycles. The van der Waals surface area contributed by atoms with Crippen LogP contribution in [0.15, 0.2) is 42.7 Å². The lowest BCUT2D eigenvalue weighted by Gasteiger charge is -2.31. The minimum absolute atomic E-state index is 0.322. The first kappa shape index (κ1) is 12.8. The fourth-order valence-electron chi connectivity index (χ4n) is 2.22. The van der Waals surface area contributed by atoms with E-state index in [1.165, 1.54) is 6.07 Å². The Morgan fingerprint density at radius 3 is 2.85 bits per heavy atom. The van der Waals surface area contributed by atoms with Crippen LogP contribution in [0, 0.1) is 5.82 Å². The van der Waals surface area contributed by atoms with Gasteiger partial charge in [0.2, 0.25) is 0 Å². The van der Waals surface area contributed by atoms with Crippen molar-refractivity contribution in [1.29, 1.82) is 0 Å². The van der Waals surface area contributed by atoms with E-state index < -0.39 is 11.9 Å². The van der Waals surface area contributed by atoms with E-state index in [-0.39, 0.29) is 6.10 Å². The second-order valence-electron chi connectivity index (χ2n) is 4.49. The lowest BCUT2D eigenvalue weighted by atomic mass is 10.0. The lowest BCUT2D eigenvalue weighted by Crippen LogP contribution is -2.44. The Balaban J connectivity index is 1.85. The highest BCUT2D eigenvalue weighted by atomic mass is 19.1. The number of hydrogen-bond donors (Lipinski definition) is 2. The Kier molecular flexibility index (Phi) is 3.49. The zero-order chi connectivity index (χ0) is 13.9. The first-order valence-corrected chi connectivity index (χ1v) is 6.23. The van der Waals surface area contributed by atoms with Crippen LogP contribution < -0.4 is 20.7 Å². The van der Waals surface area contributed by atoms with Crippen LogP contribution in [0.1, 0.15) is 11.6 Å². The summed E-state index contributed by atoms with van der Waals surface area (Å²) in [6.45, 7) is 0.322. The number of pyridine rings is 1. The summed E-state index contributed by atoms with van der Waals surface area (Å²) >= 11 is 0. The second-order valence-corrected chi connectivity index (χ2v) is 4.49. The SMILES string of the molecule is NNC(c1cncc(F)c1)C1COc2ccccc2O1. The molecule has 1 aromatic carbocycles. The molecule has 2 heterocycles. The van der Waals surface area contributed by atoms with E-state index in [2.05, 4.69) is 10.4 Å². The van der Waals surface area contributed by atoms with Crippen molar-refractivity contribution < 1.29 is 13.9 Å². The topological polar surface area (TPSA) is 69.4 Å². The lowest BCUT2D eigenvalue weighted by molar-refractivity contribution is 0.0615. The molecule has 20 heavy (non-hydrogen) atoms. The number of nitrogens with zero attached hydrogens (tertiary/aromatic N) is 1. The first-order chi connectivity index (χ1) is 9.78. The fourth-order valence-corrected chi connectivity index (χ4v) is 2.22. The van der Waals surface area contributed by atoms with Crippen LogP contribution in [0.3, 0.4) is 0 Å². The molecule has 1 aliphatic rings. The third kappa shape index (κ3) is 2.43. The molecule has 0 saturated carbocycles. The van der Waals surface area contributed by atoms with Gasteiger partial charge < -0.3 is 9.47 Å². The molecule has 0 saturated heterocycles. The van der Waals surface area contributed by atoms with E-state index >= 15 is 0 Å². The van der Waals surface area contributed by atoms with Crippen molar-refractivity contribution in [3.05, 3.63) is 54.1 Å². The van der Waals surface area contributed by atoms with Gasteiger partial charge in [-0.3, -0.25) is 10.8 Å². The van der Waals surface area contributed by atoms with Gasteiger partial charge >= 0.3 is 0 Å². The molecule has 1 aliphatic heterocycles. The van der Waals surface area contributed by atoms with Crippen LogP contribution in [0.4, 0.5) is 4.39 Å². The summed E-state index contributed by atoms with van der Waals surface area (Å²) in [5.41, 5.74) is 3.25. The van der Waals surface area contributed by atoms with Crippen LogP contribution in [-0.2, 0) is 0 Å². The zero-order valence-electron chi connectivity index (χ0n) is 10.6. The predicted octanol–water partition coefficient (Wildman–Crippen LogP) is 1.57. The number of ether oxygens (including phenoxy) is 2. The largest absolute Gasteiger partial charge is 0.486 e. The van der Waals surface area contributed by atoms with Gasteiger partial charge in [-0.05, 0) is 23.8 Å². The number of nitrogens with one attached hydrogen (secondary N) is 1. The smallest absolute Gasteiger partial charge is 0.161 e. The molecule has 3 N–H and O–H groups in total. The van der Waals surface area contributed by atoms with Gasteiger partial charge in [-0.1, -0.05) is 12.1 Å². The highest BCUT2D eigenvalue weighted by Gasteiger charge is 2.29. The highest BCUT2D eigenvalue weighted by Crippen LogP contribution is 2.34. The quantitative estimate of drug-likeness (QED) is 0.657.